The number of rotatable bonds is 7. The number of likely N-dealkylation sites (tertiary alicyclic amines) is 1. The van der Waals surface area contributed by atoms with Crippen molar-refractivity contribution in [3.05, 3.63) is 23.8 Å². The Morgan fingerprint density at radius 1 is 1.21 bits per heavy atom. The third kappa shape index (κ3) is 3.57. The molecule has 5 atom stereocenters. The number of amides is 2. The highest BCUT2D eigenvalue weighted by Crippen LogP contribution is 2.58. The second kappa shape index (κ2) is 9.29. The minimum absolute atomic E-state index is 0.188. The molecule has 2 amide bonds. The van der Waals surface area contributed by atoms with E-state index < -0.39 is 23.3 Å². The van der Waals surface area contributed by atoms with Crippen LogP contribution in [0.15, 0.2) is 23.1 Å². The van der Waals surface area contributed by atoms with Gasteiger partial charge in [-0.2, -0.15) is 0 Å². The zero-order valence-electron chi connectivity index (χ0n) is 20.1. The summed E-state index contributed by atoms with van der Waals surface area (Å²) in [5.41, 5.74) is -0.196. The van der Waals surface area contributed by atoms with Crippen LogP contribution in [0.4, 0.5) is 0 Å². The van der Waals surface area contributed by atoms with E-state index in [4.69, 9.17) is 9.47 Å². The molecule has 8 heteroatoms. The minimum atomic E-state index is -1.10. The van der Waals surface area contributed by atoms with Gasteiger partial charge < -0.3 is 9.47 Å². The van der Waals surface area contributed by atoms with Crippen molar-refractivity contribution in [1.29, 1.82) is 0 Å². The predicted octanol–water partition coefficient (Wildman–Crippen LogP) is 3.66. The van der Waals surface area contributed by atoms with E-state index in [9.17, 15) is 14.4 Å². The average molecular weight is 475 g/mol. The van der Waals surface area contributed by atoms with Crippen LogP contribution in [0.5, 0.6) is 5.75 Å². The summed E-state index contributed by atoms with van der Waals surface area (Å²) in [6.45, 7) is 7.09. The van der Waals surface area contributed by atoms with Gasteiger partial charge in [0.25, 0.3) is 0 Å². The summed E-state index contributed by atoms with van der Waals surface area (Å²) in [4.78, 5) is 44.7. The van der Waals surface area contributed by atoms with Crippen LogP contribution in [0.2, 0.25) is 0 Å². The van der Waals surface area contributed by atoms with Gasteiger partial charge in [0.2, 0.25) is 11.8 Å². The highest BCUT2D eigenvalue weighted by Gasteiger charge is 2.72. The Hall–Kier alpha value is -2.06. The molecule has 1 aromatic rings. The first-order valence-electron chi connectivity index (χ1n) is 11.9. The fourth-order valence-electron chi connectivity index (χ4n) is 5.99. The average Bonchev–Trinajstić information content (AvgIpc) is 3.28. The summed E-state index contributed by atoms with van der Waals surface area (Å²) in [6.07, 6.45) is 3.30. The number of nitrogens with zero attached hydrogens (tertiary/aromatic N) is 2. The van der Waals surface area contributed by atoms with E-state index in [1.54, 1.807) is 25.8 Å². The molecule has 180 valence electrons. The van der Waals surface area contributed by atoms with Gasteiger partial charge in [-0.15, -0.1) is 11.8 Å². The monoisotopic (exact) mass is 474 g/mol. The first-order valence-corrected chi connectivity index (χ1v) is 12.8. The van der Waals surface area contributed by atoms with Crippen LogP contribution in [-0.2, 0) is 19.1 Å². The lowest BCUT2D eigenvalue weighted by atomic mass is 9.75. The number of carbonyl (C=O) groups is 3. The van der Waals surface area contributed by atoms with Gasteiger partial charge in [0.05, 0.1) is 26.1 Å². The van der Waals surface area contributed by atoms with Crippen molar-refractivity contribution in [2.45, 2.75) is 68.2 Å². The molecule has 0 spiro atoms. The molecule has 0 saturated carbocycles. The maximum atomic E-state index is 13.5. The number of hydrogen-bond donors (Lipinski definition) is 0. The molecule has 0 bridgehead atoms. The van der Waals surface area contributed by atoms with E-state index >= 15 is 0 Å². The Morgan fingerprint density at radius 3 is 2.61 bits per heavy atom. The highest BCUT2D eigenvalue weighted by atomic mass is 32.2. The van der Waals surface area contributed by atoms with E-state index in [-0.39, 0.29) is 17.9 Å². The first-order chi connectivity index (χ1) is 15.8. The minimum Gasteiger partial charge on any atom is -0.496 e. The normalized spacial score (nSPS) is 30.2. The van der Waals surface area contributed by atoms with Gasteiger partial charge in [-0.3, -0.25) is 24.2 Å². The van der Waals surface area contributed by atoms with Crippen LogP contribution in [0.1, 0.15) is 58.1 Å². The van der Waals surface area contributed by atoms with E-state index in [0.29, 0.717) is 24.8 Å². The van der Waals surface area contributed by atoms with Gasteiger partial charge in [0.1, 0.15) is 11.3 Å². The summed E-state index contributed by atoms with van der Waals surface area (Å²) < 4.78 is 11.0. The molecule has 4 unspecified atom stereocenters. The Labute approximate surface area is 200 Å². The number of ether oxygens (including phenoxy) is 2. The quantitative estimate of drug-likeness (QED) is 0.339. The third-order valence-electron chi connectivity index (χ3n) is 7.64. The van der Waals surface area contributed by atoms with E-state index in [0.717, 1.165) is 35.5 Å². The molecule has 3 aliphatic heterocycles. The van der Waals surface area contributed by atoms with Crippen molar-refractivity contribution in [3.8, 4) is 5.75 Å². The lowest BCUT2D eigenvalue weighted by Crippen LogP contribution is -2.59. The second-order valence-electron chi connectivity index (χ2n) is 9.18. The first kappa shape index (κ1) is 24.1. The lowest BCUT2D eigenvalue weighted by Gasteiger charge is -2.44. The number of benzene rings is 1. The lowest BCUT2D eigenvalue weighted by molar-refractivity contribution is -0.164. The van der Waals surface area contributed by atoms with Crippen molar-refractivity contribution in [1.82, 2.24) is 9.80 Å². The number of thioether (sulfide) groups is 1. The van der Waals surface area contributed by atoms with Gasteiger partial charge in [0, 0.05) is 22.7 Å². The SMILES string of the molecule is CCC(C)Sc1ccc(C2C3C(=O)N(CC)C(=O)C3[C@]3(C(=O)OC)CCCCN23)cc1OC. The maximum Gasteiger partial charge on any atom is 0.327 e. The van der Waals surface area contributed by atoms with Crippen LogP contribution in [0.3, 0.4) is 0 Å². The number of methoxy groups -OCH3 is 2. The number of hydrogen-bond acceptors (Lipinski definition) is 7. The van der Waals surface area contributed by atoms with Crippen LogP contribution in [0, 0.1) is 11.8 Å². The summed E-state index contributed by atoms with van der Waals surface area (Å²) in [6, 6.07) is 5.68. The maximum absolute atomic E-state index is 13.5. The molecule has 3 saturated heterocycles. The molecule has 7 nitrogen and oxygen atoms in total. The van der Waals surface area contributed by atoms with Gasteiger partial charge in [-0.25, -0.2) is 0 Å². The summed E-state index contributed by atoms with van der Waals surface area (Å²) in [7, 11) is 3.02. The molecule has 0 N–H and O–H groups in total. The molecule has 1 aromatic carbocycles. The third-order valence-corrected chi connectivity index (χ3v) is 8.97. The Balaban J connectivity index is 1.85. The highest BCUT2D eigenvalue weighted by molar-refractivity contribution is 8.00. The molecule has 4 rings (SSSR count). The molecular weight excluding hydrogens is 440 g/mol. The van der Waals surface area contributed by atoms with E-state index in [1.807, 2.05) is 18.2 Å². The van der Waals surface area contributed by atoms with Crippen LogP contribution in [-0.4, -0.2) is 65.7 Å². The van der Waals surface area contributed by atoms with Gasteiger partial charge in [0.15, 0.2) is 0 Å². The number of carbonyl (C=O) groups excluding carboxylic acids is 3. The van der Waals surface area contributed by atoms with Crippen LogP contribution >= 0.6 is 11.8 Å². The summed E-state index contributed by atoms with van der Waals surface area (Å²) in [5, 5.41) is 0.446. The van der Waals surface area contributed by atoms with E-state index in [1.165, 1.54) is 12.0 Å². The summed E-state index contributed by atoms with van der Waals surface area (Å²) >= 11 is 1.76. The standard InChI is InChI=1S/C25H34N2O5S/c1-6-15(3)33-18-11-10-16(14-17(18)31-4)21-19-20(23(29)26(7-2)22(19)28)25(24(30)32-5)12-8-9-13-27(21)25/h10-11,14-15,19-21H,6-9,12-13H2,1-5H3/t15?,19?,20?,21?,25-/m0/s1. The van der Waals surface area contributed by atoms with Crippen molar-refractivity contribution >= 4 is 29.5 Å². The molecule has 3 heterocycles. The van der Waals surface area contributed by atoms with Crippen LogP contribution < -0.4 is 4.74 Å². The fourth-order valence-corrected chi connectivity index (χ4v) is 7.00. The number of fused-ring (bicyclic) bond motifs is 3. The van der Waals surface area contributed by atoms with Gasteiger partial charge >= 0.3 is 5.97 Å². The largest absolute Gasteiger partial charge is 0.496 e. The zero-order chi connectivity index (χ0) is 23.9. The second-order valence-corrected chi connectivity index (χ2v) is 10.7. The number of piperidine rings is 1. The summed E-state index contributed by atoms with van der Waals surface area (Å²) in [5.74, 6) is -1.41. The zero-order valence-corrected chi connectivity index (χ0v) is 20.9. The van der Waals surface area contributed by atoms with Crippen LogP contribution in [0.25, 0.3) is 0 Å². The molecule has 33 heavy (non-hydrogen) atoms. The topological polar surface area (TPSA) is 76.2 Å². The smallest absolute Gasteiger partial charge is 0.327 e. The number of imide groups is 1. The Kier molecular flexibility index (Phi) is 6.78. The van der Waals surface area contributed by atoms with Gasteiger partial charge in [-0.05, 0) is 56.8 Å². The van der Waals surface area contributed by atoms with Crippen molar-refractivity contribution in [2.24, 2.45) is 11.8 Å². The number of esters is 1. The molecule has 0 radical (unpaired) electrons. The molecule has 0 aliphatic carbocycles. The fraction of sp³-hybridized carbons (Fsp3) is 0.640. The molecule has 0 aromatic heterocycles. The molecule has 3 fully saturated rings. The molecule has 3 aliphatic rings. The van der Waals surface area contributed by atoms with Crippen molar-refractivity contribution in [3.63, 3.8) is 0 Å². The Bertz CT molecular complexity index is 953. The van der Waals surface area contributed by atoms with E-state index in [2.05, 4.69) is 18.7 Å². The van der Waals surface area contributed by atoms with Crippen molar-refractivity contribution < 1.29 is 23.9 Å². The molecular formula is C25H34N2O5S. The Morgan fingerprint density at radius 2 is 1.97 bits per heavy atom. The van der Waals surface area contributed by atoms with Gasteiger partial charge in [-0.1, -0.05) is 19.9 Å². The van der Waals surface area contributed by atoms with Crippen molar-refractivity contribution in [2.75, 3.05) is 27.3 Å². The predicted molar refractivity (Wildman–Crippen MR) is 126 cm³/mol.